The van der Waals surface area contributed by atoms with Crippen LogP contribution in [0.4, 0.5) is 10.1 Å². The number of carbonyl (C=O) groups excluding carboxylic acids is 2. The summed E-state index contributed by atoms with van der Waals surface area (Å²) in [5.74, 6) is -0.791. The van der Waals surface area contributed by atoms with Crippen molar-refractivity contribution < 1.29 is 14.0 Å². The first-order valence-corrected chi connectivity index (χ1v) is 7.85. The molecule has 0 aliphatic rings. The molecule has 0 saturated heterocycles. The van der Waals surface area contributed by atoms with Crippen LogP contribution in [0.1, 0.15) is 37.3 Å². The first kappa shape index (κ1) is 17.7. The van der Waals surface area contributed by atoms with Crippen LogP contribution in [-0.2, 0) is 16.1 Å². The maximum Gasteiger partial charge on any atom is 0.233 e. The van der Waals surface area contributed by atoms with Crippen molar-refractivity contribution >= 4 is 17.5 Å². The summed E-state index contributed by atoms with van der Waals surface area (Å²) in [5, 5.41) is 5.43. The Bertz CT molecular complexity index is 712. The molecule has 2 aromatic carbocycles. The lowest BCUT2D eigenvalue weighted by atomic mass is 10.0. The Morgan fingerprint density at radius 2 is 1.67 bits per heavy atom. The van der Waals surface area contributed by atoms with Crippen molar-refractivity contribution in [2.45, 2.75) is 32.7 Å². The van der Waals surface area contributed by atoms with E-state index in [0.717, 1.165) is 16.8 Å². The molecule has 0 bridgehead atoms. The molecule has 0 unspecified atom stereocenters. The van der Waals surface area contributed by atoms with Crippen LogP contribution in [0, 0.1) is 5.82 Å². The summed E-state index contributed by atoms with van der Waals surface area (Å²) in [5.41, 5.74) is 2.52. The molecule has 2 aromatic rings. The quantitative estimate of drug-likeness (QED) is 0.796. The molecule has 4 nitrogen and oxygen atoms in total. The number of hydrogen-bond donors (Lipinski definition) is 2. The van der Waals surface area contributed by atoms with Crippen LogP contribution < -0.4 is 10.6 Å². The molecule has 2 rings (SSSR count). The van der Waals surface area contributed by atoms with Crippen LogP contribution >= 0.6 is 0 Å². The van der Waals surface area contributed by atoms with Gasteiger partial charge in [0.1, 0.15) is 12.2 Å². The van der Waals surface area contributed by atoms with Crippen LogP contribution in [0.15, 0.2) is 48.5 Å². The minimum absolute atomic E-state index is 0.256. The van der Waals surface area contributed by atoms with Crippen LogP contribution in [0.25, 0.3) is 0 Å². The molecule has 2 N–H and O–H groups in total. The highest BCUT2D eigenvalue weighted by molar-refractivity contribution is 6.03. The molecular formula is C19H21FN2O2. The van der Waals surface area contributed by atoms with Crippen molar-refractivity contribution in [2.75, 3.05) is 5.32 Å². The topological polar surface area (TPSA) is 58.2 Å². The molecule has 24 heavy (non-hydrogen) atoms. The fourth-order valence-electron chi connectivity index (χ4n) is 2.32. The van der Waals surface area contributed by atoms with Gasteiger partial charge in [0, 0.05) is 12.2 Å². The van der Waals surface area contributed by atoms with Gasteiger partial charge in [0.05, 0.1) is 0 Å². The molecule has 0 radical (unpaired) electrons. The van der Waals surface area contributed by atoms with Gasteiger partial charge in [-0.3, -0.25) is 9.59 Å². The Morgan fingerprint density at radius 3 is 2.33 bits per heavy atom. The van der Waals surface area contributed by atoms with Crippen LogP contribution in [0.3, 0.4) is 0 Å². The standard InChI is InChI=1S/C19H21FN2O2/c1-13(2)16-5-3-4-6-17(16)22-19(24)11-18(23)21-12-14-7-9-15(20)10-8-14/h3-10,13H,11-12H2,1-2H3,(H,21,23)(H,22,24). The summed E-state index contributed by atoms with van der Waals surface area (Å²) in [7, 11) is 0. The lowest BCUT2D eigenvalue weighted by Crippen LogP contribution is -2.28. The molecule has 0 aromatic heterocycles. The Morgan fingerprint density at radius 1 is 1.00 bits per heavy atom. The molecule has 2 amide bonds. The number of halogens is 1. The van der Waals surface area contributed by atoms with Crippen LogP contribution in [0.5, 0.6) is 0 Å². The Kier molecular flexibility index (Phi) is 6.07. The Hall–Kier alpha value is -2.69. The van der Waals surface area contributed by atoms with Gasteiger partial charge in [0.2, 0.25) is 11.8 Å². The number of para-hydroxylation sites is 1. The third-order valence-corrected chi connectivity index (χ3v) is 3.58. The van der Waals surface area contributed by atoms with Crippen molar-refractivity contribution in [1.82, 2.24) is 5.32 Å². The average Bonchev–Trinajstić information content (AvgIpc) is 2.54. The number of hydrogen-bond acceptors (Lipinski definition) is 2. The molecule has 5 heteroatoms. The van der Waals surface area contributed by atoms with Crippen LogP contribution in [-0.4, -0.2) is 11.8 Å². The van der Waals surface area contributed by atoms with E-state index in [-0.39, 0.29) is 36.5 Å². The molecule has 0 aliphatic heterocycles. The fraction of sp³-hybridized carbons (Fsp3) is 0.263. The predicted molar refractivity (Wildman–Crippen MR) is 92.0 cm³/mol. The zero-order chi connectivity index (χ0) is 17.5. The second kappa shape index (κ2) is 8.24. The lowest BCUT2D eigenvalue weighted by molar-refractivity contribution is -0.126. The van der Waals surface area contributed by atoms with Gasteiger partial charge in [-0.25, -0.2) is 4.39 Å². The monoisotopic (exact) mass is 328 g/mol. The number of benzene rings is 2. The maximum atomic E-state index is 12.8. The minimum Gasteiger partial charge on any atom is -0.352 e. The lowest BCUT2D eigenvalue weighted by Gasteiger charge is -2.13. The van der Waals surface area contributed by atoms with Gasteiger partial charge < -0.3 is 10.6 Å². The van der Waals surface area contributed by atoms with E-state index in [1.54, 1.807) is 12.1 Å². The van der Waals surface area contributed by atoms with Gasteiger partial charge in [0.15, 0.2) is 0 Å². The second-order valence-corrected chi connectivity index (χ2v) is 5.87. The summed E-state index contributed by atoms with van der Waals surface area (Å²) < 4.78 is 12.8. The Balaban J connectivity index is 1.86. The zero-order valence-corrected chi connectivity index (χ0v) is 13.8. The SMILES string of the molecule is CC(C)c1ccccc1NC(=O)CC(=O)NCc1ccc(F)cc1. The fourth-order valence-corrected chi connectivity index (χ4v) is 2.32. The first-order valence-electron chi connectivity index (χ1n) is 7.85. The smallest absolute Gasteiger partial charge is 0.233 e. The third-order valence-electron chi connectivity index (χ3n) is 3.58. The summed E-state index contributed by atoms with van der Waals surface area (Å²) in [4.78, 5) is 23.9. The van der Waals surface area contributed by atoms with E-state index >= 15 is 0 Å². The van der Waals surface area contributed by atoms with E-state index in [1.807, 2.05) is 38.1 Å². The second-order valence-electron chi connectivity index (χ2n) is 5.87. The van der Waals surface area contributed by atoms with E-state index < -0.39 is 0 Å². The summed E-state index contributed by atoms with van der Waals surface area (Å²) in [6.07, 6.45) is -0.256. The minimum atomic E-state index is -0.376. The molecule has 0 atom stereocenters. The number of amides is 2. The number of nitrogens with one attached hydrogen (secondary N) is 2. The number of carbonyl (C=O) groups is 2. The molecule has 0 saturated carbocycles. The summed E-state index contributed by atoms with van der Waals surface area (Å²) >= 11 is 0. The van der Waals surface area contributed by atoms with Crippen molar-refractivity contribution in [3.63, 3.8) is 0 Å². The molecule has 0 fully saturated rings. The van der Waals surface area contributed by atoms with Gasteiger partial charge in [-0.2, -0.15) is 0 Å². The average molecular weight is 328 g/mol. The molecule has 0 spiro atoms. The third kappa shape index (κ3) is 5.19. The normalized spacial score (nSPS) is 10.5. The van der Waals surface area contributed by atoms with E-state index in [4.69, 9.17) is 0 Å². The predicted octanol–water partition coefficient (Wildman–Crippen LogP) is 3.59. The van der Waals surface area contributed by atoms with Gasteiger partial charge >= 0.3 is 0 Å². The van der Waals surface area contributed by atoms with Crippen molar-refractivity contribution in [1.29, 1.82) is 0 Å². The van der Waals surface area contributed by atoms with E-state index in [2.05, 4.69) is 10.6 Å². The molecule has 126 valence electrons. The molecule has 0 heterocycles. The first-order chi connectivity index (χ1) is 11.5. The van der Waals surface area contributed by atoms with Gasteiger partial charge in [-0.05, 0) is 35.2 Å². The Labute approximate surface area is 141 Å². The van der Waals surface area contributed by atoms with Crippen molar-refractivity contribution in [2.24, 2.45) is 0 Å². The molecular weight excluding hydrogens is 307 g/mol. The summed E-state index contributed by atoms with van der Waals surface area (Å²) in [6.45, 7) is 4.34. The number of rotatable bonds is 6. The maximum absolute atomic E-state index is 12.8. The van der Waals surface area contributed by atoms with Gasteiger partial charge in [-0.15, -0.1) is 0 Å². The highest BCUT2D eigenvalue weighted by atomic mass is 19.1. The van der Waals surface area contributed by atoms with Gasteiger partial charge in [-0.1, -0.05) is 44.2 Å². The zero-order valence-electron chi connectivity index (χ0n) is 13.8. The largest absolute Gasteiger partial charge is 0.352 e. The van der Waals surface area contributed by atoms with Gasteiger partial charge in [0.25, 0.3) is 0 Å². The summed E-state index contributed by atoms with van der Waals surface area (Å²) in [6, 6.07) is 13.4. The van der Waals surface area contributed by atoms with E-state index in [0.29, 0.717) is 0 Å². The van der Waals surface area contributed by atoms with E-state index in [9.17, 15) is 14.0 Å². The van der Waals surface area contributed by atoms with Crippen LogP contribution in [0.2, 0.25) is 0 Å². The number of anilines is 1. The highest BCUT2D eigenvalue weighted by Gasteiger charge is 2.12. The highest BCUT2D eigenvalue weighted by Crippen LogP contribution is 2.23. The van der Waals surface area contributed by atoms with E-state index in [1.165, 1.54) is 12.1 Å². The molecule has 0 aliphatic carbocycles. The van der Waals surface area contributed by atoms with Crippen molar-refractivity contribution in [3.8, 4) is 0 Å². The van der Waals surface area contributed by atoms with Crippen molar-refractivity contribution in [3.05, 3.63) is 65.5 Å².